The fourth-order valence-electron chi connectivity index (χ4n) is 1.38. The number of aliphatic hydroxyl groups excluding tert-OH is 3. The van der Waals surface area contributed by atoms with Crippen molar-refractivity contribution in [3.8, 4) is 0 Å². The molecule has 0 amide bonds. The monoisotopic (exact) mass is 162 g/mol. The lowest BCUT2D eigenvalue weighted by molar-refractivity contribution is -0.228. The summed E-state index contributed by atoms with van der Waals surface area (Å²) in [5.41, 5.74) is 0. The topological polar surface area (TPSA) is 79.2 Å². The van der Waals surface area contributed by atoms with Gasteiger partial charge in [0.25, 0.3) is 0 Å². The first-order chi connectivity index (χ1) is 5.20. The van der Waals surface area contributed by atoms with Gasteiger partial charge in [-0.25, -0.2) is 0 Å². The summed E-state index contributed by atoms with van der Waals surface area (Å²) in [4.78, 5) is 0. The molecule has 0 saturated carbocycles. The van der Waals surface area contributed by atoms with Gasteiger partial charge in [-0.1, -0.05) is 0 Å². The highest BCUT2D eigenvalue weighted by molar-refractivity contribution is 4.92. The van der Waals surface area contributed by atoms with Crippen LogP contribution in [0.15, 0.2) is 0 Å². The molecule has 0 spiro atoms. The summed E-state index contributed by atoms with van der Waals surface area (Å²) in [6.07, 6.45) is -4.58. The van der Waals surface area contributed by atoms with Crippen LogP contribution in [0.4, 0.5) is 0 Å². The van der Waals surface area contributed by atoms with Crippen LogP contribution in [0.5, 0.6) is 0 Å². The zero-order valence-corrected chi connectivity index (χ0v) is 5.75. The standard InChI is InChI=1S/C6H10O5/c7-3-2-1-10-6(11-2)5(9)4(3)8/h2-9H,1H2/t2-,3+,4-,5-,6+/m1/s1. The van der Waals surface area contributed by atoms with E-state index in [1.54, 1.807) is 0 Å². The SMILES string of the molecule is O[C@@H]1[C@@H](O)[C@H]2CO[C@@H](O2)[C@@H]1O. The lowest BCUT2D eigenvalue weighted by Gasteiger charge is -2.32. The van der Waals surface area contributed by atoms with Crippen LogP contribution in [0.3, 0.4) is 0 Å². The first kappa shape index (κ1) is 7.45. The maximum atomic E-state index is 9.22. The average molecular weight is 162 g/mol. The molecule has 11 heavy (non-hydrogen) atoms. The summed E-state index contributed by atoms with van der Waals surface area (Å²) in [5, 5.41) is 27.6. The van der Waals surface area contributed by atoms with E-state index in [1.165, 1.54) is 0 Å². The van der Waals surface area contributed by atoms with Crippen LogP contribution in [0, 0.1) is 0 Å². The van der Waals surface area contributed by atoms with E-state index in [-0.39, 0.29) is 6.61 Å². The van der Waals surface area contributed by atoms with Gasteiger partial charge in [0.15, 0.2) is 6.29 Å². The summed E-state index contributed by atoms with van der Waals surface area (Å²) in [6, 6.07) is 0. The molecule has 5 atom stereocenters. The largest absolute Gasteiger partial charge is 0.387 e. The van der Waals surface area contributed by atoms with E-state index in [0.717, 1.165) is 0 Å². The van der Waals surface area contributed by atoms with Gasteiger partial charge < -0.3 is 24.8 Å². The van der Waals surface area contributed by atoms with Crippen molar-refractivity contribution in [3.63, 3.8) is 0 Å². The summed E-state index contributed by atoms with van der Waals surface area (Å²) in [7, 11) is 0. The molecule has 0 unspecified atom stereocenters. The van der Waals surface area contributed by atoms with Crippen LogP contribution in [0.2, 0.25) is 0 Å². The smallest absolute Gasteiger partial charge is 0.186 e. The van der Waals surface area contributed by atoms with Gasteiger partial charge in [0, 0.05) is 0 Å². The Morgan fingerprint density at radius 2 is 1.73 bits per heavy atom. The fourth-order valence-corrected chi connectivity index (χ4v) is 1.38. The van der Waals surface area contributed by atoms with Gasteiger partial charge in [0.05, 0.1) is 6.61 Å². The van der Waals surface area contributed by atoms with Crippen molar-refractivity contribution in [3.05, 3.63) is 0 Å². The van der Waals surface area contributed by atoms with Crippen molar-refractivity contribution in [2.75, 3.05) is 6.61 Å². The van der Waals surface area contributed by atoms with E-state index in [9.17, 15) is 10.2 Å². The van der Waals surface area contributed by atoms with Crippen molar-refractivity contribution in [1.29, 1.82) is 0 Å². The maximum Gasteiger partial charge on any atom is 0.186 e. The molecule has 2 bridgehead atoms. The predicted molar refractivity (Wildman–Crippen MR) is 32.6 cm³/mol. The second-order valence-electron chi connectivity index (χ2n) is 2.85. The Morgan fingerprint density at radius 3 is 2.45 bits per heavy atom. The highest BCUT2D eigenvalue weighted by atomic mass is 16.7. The minimum Gasteiger partial charge on any atom is -0.387 e. The average Bonchev–Trinajstić information content (AvgIpc) is 2.44. The Kier molecular flexibility index (Phi) is 1.62. The molecule has 64 valence electrons. The maximum absolute atomic E-state index is 9.22. The van der Waals surface area contributed by atoms with Gasteiger partial charge in [-0.05, 0) is 0 Å². The zero-order valence-electron chi connectivity index (χ0n) is 5.75. The molecule has 2 heterocycles. The number of rotatable bonds is 0. The molecule has 0 aromatic carbocycles. The third-order valence-electron chi connectivity index (χ3n) is 2.09. The van der Waals surface area contributed by atoms with Gasteiger partial charge in [0.2, 0.25) is 0 Å². The third-order valence-corrected chi connectivity index (χ3v) is 2.09. The number of ether oxygens (including phenoxy) is 2. The van der Waals surface area contributed by atoms with E-state index in [0.29, 0.717) is 0 Å². The summed E-state index contributed by atoms with van der Waals surface area (Å²) >= 11 is 0. The number of hydrogen-bond donors (Lipinski definition) is 3. The van der Waals surface area contributed by atoms with E-state index in [2.05, 4.69) is 0 Å². The van der Waals surface area contributed by atoms with Crippen molar-refractivity contribution in [2.45, 2.75) is 30.7 Å². The second-order valence-corrected chi connectivity index (χ2v) is 2.85. The third kappa shape index (κ3) is 0.969. The van der Waals surface area contributed by atoms with E-state index in [4.69, 9.17) is 14.6 Å². The van der Waals surface area contributed by atoms with Gasteiger partial charge in [-0.2, -0.15) is 0 Å². The molecule has 2 aliphatic heterocycles. The van der Waals surface area contributed by atoms with Crippen molar-refractivity contribution in [1.82, 2.24) is 0 Å². The molecule has 2 rings (SSSR count). The second kappa shape index (κ2) is 2.40. The zero-order chi connectivity index (χ0) is 8.01. The Hall–Kier alpha value is -0.200. The molecule has 5 nitrogen and oxygen atoms in total. The van der Waals surface area contributed by atoms with Gasteiger partial charge >= 0.3 is 0 Å². The first-order valence-electron chi connectivity index (χ1n) is 3.51. The summed E-state index contributed by atoms with van der Waals surface area (Å²) in [6.45, 7) is 0.236. The molecule has 2 fully saturated rings. The minimum atomic E-state index is -1.15. The molecule has 5 heteroatoms. The summed E-state index contributed by atoms with van der Waals surface area (Å²) in [5.74, 6) is 0. The highest BCUT2D eigenvalue weighted by Gasteiger charge is 2.48. The minimum absolute atomic E-state index is 0.236. The summed E-state index contributed by atoms with van der Waals surface area (Å²) < 4.78 is 9.95. The Balaban J connectivity index is 2.16. The number of hydrogen-bond acceptors (Lipinski definition) is 5. The number of fused-ring (bicyclic) bond motifs is 2. The van der Waals surface area contributed by atoms with Crippen molar-refractivity contribution in [2.24, 2.45) is 0 Å². The van der Waals surface area contributed by atoms with E-state index in [1.807, 2.05) is 0 Å². The van der Waals surface area contributed by atoms with Gasteiger partial charge in [-0.15, -0.1) is 0 Å². The van der Waals surface area contributed by atoms with Crippen molar-refractivity contribution < 1.29 is 24.8 Å². The van der Waals surface area contributed by atoms with Crippen LogP contribution in [0.25, 0.3) is 0 Å². The van der Waals surface area contributed by atoms with Crippen LogP contribution in [-0.4, -0.2) is 52.6 Å². The molecule has 2 saturated heterocycles. The van der Waals surface area contributed by atoms with Gasteiger partial charge in [-0.3, -0.25) is 0 Å². The Morgan fingerprint density at radius 1 is 1.00 bits per heavy atom. The predicted octanol–water partition coefficient (Wildman–Crippen LogP) is -2.18. The van der Waals surface area contributed by atoms with E-state index >= 15 is 0 Å². The highest BCUT2D eigenvalue weighted by Crippen LogP contribution is 2.27. The molecule has 0 aromatic heterocycles. The molecular weight excluding hydrogens is 152 g/mol. The van der Waals surface area contributed by atoms with Crippen LogP contribution < -0.4 is 0 Å². The fraction of sp³-hybridized carbons (Fsp3) is 1.00. The molecule has 0 aromatic rings. The molecule has 3 N–H and O–H groups in total. The first-order valence-corrected chi connectivity index (χ1v) is 3.51. The lowest BCUT2D eigenvalue weighted by Crippen LogP contribution is -2.53. The molecule has 0 radical (unpaired) electrons. The molecule has 2 aliphatic rings. The lowest BCUT2D eigenvalue weighted by atomic mass is 10.0. The normalized spacial score (nSPS) is 56.5. The van der Waals surface area contributed by atoms with Crippen molar-refractivity contribution >= 4 is 0 Å². The number of aliphatic hydroxyl groups is 3. The van der Waals surface area contributed by atoms with Crippen LogP contribution in [0.1, 0.15) is 0 Å². The Labute approximate surface area is 63.2 Å². The molecule has 0 aliphatic carbocycles. The molecular formula is C6H10O5. The van der Waals surface area contributed by atoms with Crippen LogP contribution >= 0.6 is 0 Å². The van der Waals surface area contributed by atoms with Gasteiger partial charge in [0.1, 0.15) is 24.4 Å². The Bertz CT molecular complexity index is 141. The van der Waals surface area contributed by atoms with Crippen LogP contribution in [-0.2, 0) is 9.47 Å². The van der Waals surface area contributed by atoms with E-state index < -0.39 is 30.7 Å². The quantitative estimate of drug-likeness (QED) is 0.377.